The van der Waals surface area contributed by atoms with Gasteiger partial charge in [0.2, 0.25) is 15.9 Å². The molecule has 0 heterocycles. The molecule has 28 heavy (non-hydrogen) atoms. The van der Waals surface area contributed by atoms with Crippen molar-refractivity contribution in [3.05, 3.63) is 59.7 Å². The van der Waals surface area contributed by atoms with Gasteiger partial charge in [-0.25, -0.2) is 13.1 Å². The Morgan fingerprint density at radius 1 is 1.04 bits per heavy atom. The summed E-state index contributed by atoms with van der Waals surface area (Å²) in [5.41, 5.74) is 1.83. The molecule has 0 unspecified atom stereocenters. The monoisotopic (exact) mass is 404 g/mol. The maximum Gasteiger partial charge on any atom is 0.240 e. The number of methoxy groups -OCH3 is 1. The molecule has 0 aliphatic carbocycles. The molecule has 2 rings (SSSR count). The first-order valence-electron chi connectivity index (χ1n) is 9.26. The molecule has 0 fully saturated rings. The molecule has 0 saturated carbocycles. The van der Waals surface area contributed by atoms with Crippen LogP contribution in [0.2, 0.25) is 0 Å². The number of benzene rings is 2. The van der Waals surface area contributed by atoms with Gasteiger partial charge in [-0.1, -0.05) is 30.3 Å². The van der Waals surface area contributed by atoms with E-state index in [4.69, 9.17) is 4.74 Å². The van der Waals surface area contributed by atoms with E-state index in [9.17, 15) is 13.2 Å². The minimum absolute atomic E-state index is 0.0726. The van der Waals surface area contributed by atoms with E-state index in [1.807, 2.05) is 31.2 Å². The van der Waals surface area contributed by atoms with Gasteiger partial charge in [0, 0.05) is 18.0 Å². The largest absolute Gasteiger partial charge is 0.496 e. The summed E-state index contributed by atoms with van der Waals surface area (Å²) >= 11 is 0. The molecule has 0 saturated heterocycles. The Kier molecular flexibility index (Phi) is 7.60. The van der Waals surface area contributed by atoms with Gasteiger partial charge in [0.1, 0.15) is 5.75 Å². The number of aryl methyl sites for hydroxylation is 1. The summed E-state index contributed by atoms with van der Waals surface area (Å²) in [7, 11) is -1.90. The number of ether oxygens (including phenoxy) is 1. The number of carbonyl (C=O) groups excluding carboxylic acids is 1. The third-order valence-corrected chi connectivity index (χ3v) is 5.92. The van der Waals surface area contributed by atoms with Gasteiger partial charge in [-0.2, -0.15) is 0 Å². The Balaban J connectivity index is 1.92. The van der Waals surface area contributed by atoms with Crippen LogP contribution in [0.1, 0.15) is 44.4 Å². The van der Waals surface area contributed by atoms with Gasteiger partial charge in [0.05, 0.1) is 18.0 Å². The Morgan fingerprint density at radius 3 is 2.29 bits per heavy atom. The normalized spacial score (nSPS) is 12.6. The van der Waals surface area contributed by atoms with Crippen LogP contribution in [0.3, 0.4) is 0 Å². The molecule has 0 radical (unpaired) electrons. The van der Waals surface area contributed by atoms with Gasteiger partial charge in [0.25, 0.3) is 0 Å². The summed E-state index contributed by atoms with van der Waals surface area (Å²) < 4.78 is 32.2. The smallest absolute Gasteiger partial charge is 0.240 e. The molecule has 2 aromatic rings. The zero-order chi connectivity index (χ0) is 20.7. The minimum Gasteiger partial charge on any atom is -0.496 e. The second-order valence-corrected chi connectivity index (χ2v) is 8.67. The number of para-hydroxylation sites is 1. The highest BCUT2D eigenvalue weighted by Crippen LogP contribution is 2.24. The lowest BCUT2D eigenvalue weighted by molar-refractivity contribution is -0.121. The number of rotatable bonds is 9. The lowest BCUT2D eigenvalue weighted by atomic mass is 10.1. The summed E-state index contributed by atoms with van der Waals surface area (Å²) in [5, 5.41) is 2.97. The van der Waals surface area contributed by atoms with Gasteiger partial charge >= 0.3 is 0 Å². The van der Waals surface area contributed by atoms with E-state index >= 15 is 0 Å². The summed E-state index contributed by atoms with van der Waals surface area (Å²) in [5.74, 6) is 0.665. The van der Waals surface area contributed by atoms with Crippen molar-refractivity contribution < 1.29 is 17.9 Å². The van der Waals surface area contributed by atoms with Crippen LogP contribution in [0.4, 0.5) is 0 Å². The van der Waals surface area contributed by atoms with E-state index in [1.54, 1.807) is 45.2 Å². The number of amides is 1. The molecule has 0 aromatic heterocycles. The Labute approximate surface area is 167 Å². The first-order valence-corrected chi connectivity index (χ1v) is 10.7. The highest BCUT2D eigenvalue weighted by Gasteiger charge is 2.16. The van der Waals surface area contributed by atoms with Gasteiger partial charge in [-0.05, 0) is 51.0 Å². The fraction of sp³-hybridized carbons (Fsp3) is 0.381. The van der Waals surface area contributed by atoms with Crippen LogP contribution in [0.5, 0.6) is 5.75 Å². The fourth-order valence-electron chi connectivity index (χ4n) is 2.89. The van der Waals surface area contributed by atoms with Gasteiger partial charge in [-0.3, -0.25) is 4.79 Å². The number of hydrogen-bond acceptors (Lipinski definition) is 4. The molecule has 0 aliphatic heterocycles. The van der Waals surface area contributed by atoms with Gasteiger partial charge < -0.3 is 10.1 Å². The molecule has 2 N–H and O–H groups in total. The molecule has 1 amide bonds. The molecule has 7 heteroatoms. The maximum absolute atomic E-state index is 12.3. The van der Waals surface area contributed by atoms with E-state index in [1.165, 1.54) is 0 Å². The van der Waals surface area contributed by atoms with Crippen LogP contribution < -0.4 is 14.8 Å². The minimum atomic E-state index is -3.50. The third kappa shape index (κ3) is 6.07. The lowest BCUT2D eigenvalue weighted by Gasteiger charge is -2.17. The molecule has 1 atom stereocenters. The summed E-state index contributed by atoms with van der Waals surface area (Å²) in [4.78, 5) is 12.5. The Bertz CT molecular complexity index is 893. The number of sulfonamides is 1. The van der Waals surface area contributed by atoms with Crippen molar-refractivity contribution in [2.75, 3.05) is 7.11 Å². The lowest BCUT2D eigenvalue weighted by Crippen LogP contribution is -2.30. The summed E-state index contributed by atoms with van der Waals surface area (Å²) in [6.45, 7) is 5.46. The van der Waals surface area contributed by atoms with Crippen LogP contribution in [-0.2, 0) is 21.2 Å². The van der Waals surface area contributed by atoms with Crippen LogP contribution in [-0.4, -0.2) is 27.5 Å². The second-order valence-electron chi connectivity index (χ2n) is 6.95. The maximum atomic E-state index is 12.3. The fourth-order valence-corrected chi connectivity index (χ4v) is 4.14. The van der Waals surface area contributed by atoms with Crippen molar-refractivity contribution in [2.45, 2.75) is 50.6 Å². The van der Waals surface area contributed by atoms with Gasteiger partial charge in [0.15, 0.2) is 0 Å². The van der Waals surface area contributed by atoms with Crippen LogP contribution >= 0.6 is 0 Å². The molecule has 0 aliphatic rings. The zero-order valence-corrected chi connectivity index (χ0v) is 17.5. The van der Waals surface area contributed by atoms with Crippen LogP contribution in [0.15, 0.2) is 53.4 Å². The predicted octanol–water partition coefficient (Wildman–Crippen LogP) is 3.19. The van der Waals surface area contributed by atoms with Crippen molar-refractivity contribution in [2.24, 2.45) is 0 Å². The predicted molar refractivity (Wildman–Crippen MR) is 110 cm³/mol. The molecular formula is C21H28N2O4S. The molecule has 2 aromatic carbocycles. The van der Waals surface area contributed by atoms with Crippen LogP contribution in [0, 0.1) is 0 Å². The molecule has 152 valence electrons. The third-order valence-electron chi connectivity index (χ3n) is 4.25. The first-order chi connectivity index (χ1) is 13.2. The first kappa shape index (κ1) is 21.9. The van der Waals surface area contributed by atoms with E-state index in [0.29, 0.717) is 12.8 Å². The van der Waals surface area contributed by atoms with Crippen molar-refractivity contribution in [1.29, 1.82) is 0 Å². The van der Waals surface area contributed by atoms with Crippen molar-refractivity contribution >= 4 is 15.9 Å². The second kappa shape index (κ2) is 9.71. The quantitative estimate of drug-likeness (QED) is 0.672. The topological polar surface area (TPSA) is 84.5 Å². The number of hydrogen-bond donors (Lipinski definition) is 2. The highest BCUT2D eigenvalue weighted by molar-refractivity contribution is 7.89. The summed E-state index contributed by atoms with van der Waals surface area (Å²) in [6.07, 6.45) is 0.845. The van der Waals surface area contributed by atoms with E-state index in [2.05, 4.69) is 10.0 Å². The van der Waals surface area contributed by atoms with E-state index in [0.717, 1.165) is 16.9 Å². The van der Waals surface area contributed by atoms with Crippen molar-refractivity contribution in [3.8, 4) is 5.75 Å². The molecule has 6 nitrogen and oxygen atoms in total. The average molecular weight is 405 g/mol. The Hall–Kier alpha value is -2.38. The van der Waals surface area contributed by atoms with Crippen molar-refractivity contribution in [3.63, 3.8) is 0 Å². The van der Waals surface area contributed by atoms with E-state index in [-0.39, 0.29) is 22.9 Å². The van der Waals surface area contributed by atoms with Gasteiger partial charge in [-0.15, -0.1) is 0 Å². The number of nitrogens with one attached hydrogen (secondary N) is 2. The summed E-state index contributed by atoms with van der Waals surface area (Å²) in [6, 6.07) is 13.9. The number of carbonyl (C=O) groups is 1. The van der Waals surface area contributed by atoms with E-state index < -0.39 is 10.0 Å². The van der Waals surface area contributed by atoms with Crippen molar-refractivity contribution in [1.82, 2.24) is 10.0 Å². The molecule has 0 spiro atoms. The Morgan fingerprint density at radius 2 is 1.68 bits per heavy atom. The van der Waals surface area contributed by atoms with Crippen LogP contribution in [0.25, 0.3) is 0 Å². The SMILES string of the molecule is COc1ccccc1[C@@H](C)NC(=O)CCc1ccc(S(=O)(=O)NC(C)C)cc1. The average Bonchev–Trinajstić information content (AvgIpc) is 2.65. The zero-order valence-electron chi connectivity index (χ0n) is 16.7. The molecular weight excluding hydrogens is 376 g/mol. The molecule has 0 bridgehead atoms. The highest BCUT2D eigenvalue weighted by atomic mass is 32.2. The standard InChI is InChI=1S/C21H28N2O4S/c1-15(2)23-28(25,26)18-12-9-17(10-13-18)11-14-21(24)22-16(3)19-7-5-6-8-20(19)27-4/h5-10,12-13,15-16,23H,11,14H2,1-4H3,(H,22,24)/t16-/m1/s1.